The predicted octanol–water partition coefficient (Wildman–Crippen LogP) is 1.92. The van der Waals surface area contributed by atoms with Gasteiger partial charge in [0.05, 0.1) is 5.54 Å². The molecule has 1 spiro atoms. The molecule has 0 bridgehead atoms. The maximum atomic E-state index is 5.95. The van der Waals surface area contributed by atoms with Crippen LogP contribution in [0.15, 0.2) is 18.2 Å². The van der Waals surface area contributed by atoms with Crippen molar-refractivity contribution in [3.63, 3.8) is 0 Å². The Morgan fingerprint density at radius 3 is 3.00 bits per heavy atom. The van der Waals surface area contributed by atoms with E-state index < -0.39 is 0 Å². The van der Waals surface area contributed by atoms with E-state index in [0.29, 0.717) is 0 Å². The van der Waals surface area contributed by atoms with E-state index in [4.69, 9.17) is 16.3 Å². The highest BCUT2D eigenvalue weighted by Crippen LogP contribution is 2.43. The number of fused-ring (bicyclic) bond motifs is 2. The molecule has 3 rings (SSSR count). The summed E-state index contributed by atoms with van der Waals surface area (Å²) in [5.41, 5.74) is 1.31. The fourth-order valence-electron chi connectivity index (χ4n) is 2.06. The van der Waals surface area contributed by atoms with Gasteiger partial charge in [-0.1, -0.05) is 11.6 Å². The van der Waals surface area contributed by atoms with Crippen molar-refractivity contribution in [2.24, 2.45) is 0 Å². The molecule has 0 saturated carbocycles. The molecule has 0 aliphatic carbocycles. The van der Waals surface area contributed by atoms with Crippen LogP contribution in [0, 0.1) is 0 Å². The average Bonchev–Trinajstić information content (AvgIpc) is 2.41. The first-order valence-corrected chi connectivity index (χ1v) is 4.86. The van der Waals surface area contributed by atoms with Gasteiger partial charge in [0, 0.05) is 10.6 Å². The second-order valence-corrected chi connectivity index (χ2v) is 4.12. The second-order valence-electron chi connectivity index (χ2n) is 3.69. The normalized spacial score (nSPS) is 29.6. The fourth-order valence-corrected chi connectivity index (χ4v) is 2.23. The Balaban J connectivity index is 2.14. The van der Waals surface area contributed by atoms with Crippen LogP contribution >= 0.6 is 11.6 Å². The highest BCUT2D eigenvalue weighted by atomic mass is 35.5. The van der Waals surface area contributed by atoms with E-state index in [1.54, 1.807) is 0 Å². The molecule has 1 N–H and O–H groups in total. The Labute approximate surface area is 81.8 Å². The van der Waals surface area contributed by atoms with Crippen LogP contribution in [-0.2, 0) is 5.54 Å². The van der Waals surface area contributed by atoms with Gasteiger partial charge in [0.15, 0.2) is 0 Å². The molecular weight excluding hydrogens is 186 g/mol. The smallest absolute Gasteiger partial charge is 0.124 e. The Hall–Kier alpha value is -0.730. The van der Waals surface area contributed by atoms with E-state index in [-0.39, 0.29) is 5.54 Å². The summed E-state index contributed by atoms with van der Waals surface area (Å²) in [6, 6.07) is 5.83. The molecule has 1 aromatic carbocycles. The van der Waals surface area contributed by atoms with Gasteiger partial charge in [0.25, 0.3) is 0 Å². The van der Waals surface area contributed by atoms with Crippen molar-refractivity contribution in [3.8, 4) is 5.75 Å². The molecule has 2 nitrogen and oxygen atoms in total. The molecule has 2 heterocycles. The Bertz CT molecular complexity index is 360. The van der Waals surface area contributed by atoms with Gasteiger partial charge in [-0.2, -0.15) is 0 Å². The highest BCUT2D eigenvalue weighted by molar-refractivity contribution is 6.30. The van der Waals surface area contributed by atoms with E-state index in [1.807, 2.05) is 18.2 Å². The minimum Gasteiger partial charge on any atom is -0.491 e. The topological polar surface area (TPSA) is 21.3 Å². The van der Waals surface area contributed by atoms with Crippen LogP contribution in [-0.4, -0.2) is 13.2 Å². The molecule has 0 radical (unpaired) electrons. The third-order valence-corrected chi connectivity index (χ3v) is 3.18. The molecule has 13 heavy (non-hydrogen) atoms. The molecule has 0 aromatic heterocycles. The lowest BCUT2D eigenvalue weighted by atomic mass is 9.83. The van der Waals surface area contributed by atoms with Crippen molar-refractivity contribution >= 4 is 11.6 Å². The minimum absolute atomic E-state index is 0.0836. The van der Waals surface area contributed by atoms with E-state index in [0.717, 1.165) is 30.3 Å². The van der Waals surface area contributed by atoms with Crippen molar-refractivity contribution in [2.45, 2.75) is 12.0 Å². The summed E-state index contributed by atoms with van der Waals surface area (Å²) in [7, 11) is 0. The zero-order valence-corrected chi connectivity index (χ0v) is 7.90. The first-order valence-electron chi connectivity index (χ1n) is 4.48. The minimum atomic E-state index is 0.0836. The monoisotopic (exact) mass is 195 g/mol. The summed E-state index contributed by atoms with van der Waals surface area (Å²) in [5.74, 6) is 0.983. The largest absolute Gasteiger partial charge is 0.491 e. The number of benzene rings is 1. The average molecular weight is 196 g/mol. The summed E-state index contributed by atoms with van der Waals surface area (Å²) in [6.45, 7) is 1.83. The zero-order chi connectivity index (χ0) is 8.89. The van der Waals surface area contributed by atoms with Crippen LogP contribution in [0.4, 0.5) is 0 Å². The molecule has 2 aliphatic rings. The molecule has 3 heteroatoms. The van der Waals surface area contributed by atoms with E-state index in [1.165, 1.54) is 5.56 Å². The van der Waals surface area contributed by atoms with E-state index >= 15 is 0 Å². The third kappa shape index (κ3) is 0.930. The van der Waals surface area contributed by atoms with Gasteiger partial charge in [-0.3, -0.25) is 0 Å². The van der Waals surface area contributed by atoms with Crippen LogP contribution < -0.4 is 10.1 Å². The van der Waals surface area contributed by atoms with Gasteiger partial charge in [-0.05, 0) is 31.2 Å². The SMILES string of the molecule is Clc1ccc2c(c1)[C@]1(CCN1)CO2. The van der Waals surface area contributed by atoms with Crippen LogP contribution in [0.3, 0.4) is 0 Å². The third-order valence-electron chi connectivity index (χ3n) is 2.95. The highest BCUT2D eigenvalue weighted by Gasteiger charge is 2.45. The Morgan fingerprint density at radius 1 is 1.46 bits per heavy atom. The summed E-state index contributed by atoms with van der Waals surface area (Å²) < 4.78 is 5.59. The summed E-state index contributed by atoms with van der Waals surface area (Å²) in [5, 5.41) is 4.21. The molecule has 2 aliphatic heterocycles. The lowest BCUT2D eigenvalue weighted by Gasteiger charge is -2.38. The van der Waals surface area contributed by atoms with Crippen LogP contribution in [0.2, 0.25) is 5.02 Å². The molecule has 0 amide bonds. The zero-order valence-electron chi connectivity index (χ0n) is 7.14. The van der Waals surface area contributed by atoms with Crippen LogP contribution in [0.5, 0.6) is 5.75 Å². The lowest BCUT2D eigenvalue weighted by Crippen LogP contribution is -2.55. The van der Waals surface area contributed by atoms with Crippen molar-refractivity contribution in [3.05, 3.63) is 28.8 Å². The maximum Gasteiger partial charge on any atom is 0.124 e. The quantitative estimate of drug-likeness (QED) is 0.683. The number of nitrogens with one attached hydrogen (secondary N) is 1. The van der Waals surface area contributed by atoms with Gasteiger partial charge in [0.2, 0.25) is 0 Å². The van der Waals surface area contributed by atoms with E-state index in [9.17, 15) is 0 Å². The molecule has 1 fully saturated rings. The van der Waals surface area contributed by atoms with Crippen molar-refractivity contribution in [1.82, 2.24) is 5.32 Å². The molecule has 0 unspecified atom stereocenters. The van der Waals surface area contributed by atoms with Crippen molar-refractivity contribution in [1.29, 1.82) is 0 Å². The fraction of sp³-hybridized carbons (Fsp3) is 0.400. The standard InChI is InChI=1S/C10H10ClNO/c11-7-1-2-9-8(5-7)10(6-13-9)3-4-12-10/h1-2,5,12H,3-4,6H2/t10-/m0/s1. The molecule has 1 atom stereocenters. The first-order chi connectivity index (χ1) is 6.30. The van der Waals surface area contributed by atoms with Gasteiger partial charge in [-0.15, -0.1) is 0 Å². The summed E-state index contributed by atoms with van der Waals surface area (Å²) >= 11 is 5.95. The Morgan fingerprint density at radius 2 is 2.31 bits per heavy atom. The molecule has 1 aromatic rings. The summed E-state index contributed by atoms with van der Waals surface area (Å²) in [4.78, 5) is 0. The lowest BCUT2D eigenvalue weighted by molar-refractivity contribution is 0.154. The molecule has 68 valence electrons. The van der Waals surface area contributed by atoms with Gasteiger partial charge >= 0.3 is 0 Å². The maximum absolute atomic E-state index is 5.95. The van der Waals surface area contributed by atoms with Gasteiger partial charge in [0.1, 0.15) is 12.4 Å². The number of ether oxygens (including phenoxy) is 1. The molecule has 1 saturated heterocycles. The summed E-state index contributed by atoms with van der Waals surface area (Å²) in [6.07, 6.45) is 1.15. The number of halogens is 1. The van der Waals surface area contributed by atoms with Gasteiger partial charge in [-0.25, -0.2) is 0 Å². The van der Waals surface area contributed by atoms with Crippen molar-refractivity contribution < 1.29 is 4.74 Å². The van der Waals surface area contributed by atoms with E-state index in [2.05, 4.69) is 5.32 Å². The second kappa shape index (κ2) is 2.40. The van der Waals surface area contributed by atoms with Gasteiger partial charge < -0.3 is 10.1 Å². The predicted molar refractivity (Wildman–Crippen MR) is 51.2 cm³/mol. The number of hydrogen-bond donors (Lipinski definition) is 1. The first kappa shape index (κ1) is 7.65. The number of hydrogen-bond acceptors (Lipinski definition) is 2. The van der Waals surface area contributed by atoms with Crippen LogP contribution in [0.25, 0.3) is 0 Å². The Kier molecular flexibility index (Phi) is 1.41. The number of rotatable bonds is 0. The van der Waals surface area contributed by atoms with Crippen LogP contribution in [0.1, 0.15) is 12.0 Å². The van der Waals surface area contributed by atoms with Crippen molar-refractivity contribution in [2.75, 3.05) is 13.2 Å². The molecular formula is C10H10ClNO.